The number of hydrogen-bond donors (Lipinski definition) is 1. The number of nitrogens with zero attached hydrogens (tertiary/aromatic N) is 5. The Morgan fingerprint density at radius 3 is 2.63 bits per heavy atom. The molecule has 30 heavy (non-hydrogen) atoms. The third-order valence-corrected chi connectivity index (χ3v) is 5.04. The van der Waals surface area contributed by atoms with Crippen LogP contribution in [0.25, 0.3) is 16.7 Å². The molecular weight excluding hydrogens is 380 g/mol. The number of methoxy groups -OCH3 is 1. The van der Waals surface area contributed by atoms with Crippen LogP contribution in [0, 0.1) is 0 Å². The Morgan fingerprint density at radius 2 is 1.83 bits per heavy atom. The van der Waals surface area contributed by atoms with Gasteiger partial charge in [-0.15, -0.1) is 0 Å². The van der Waals surface area contributed by atoms with E-state index in [4.69, 9.17) is 19.4 Å². The lowest BCUT2D eigenvalue weighted by Gasteiger charge is -2.27. The second-order valence-electron chi connectivity index (χ2n) is 6.96. The van der Waals surface area contributed by atoms with Crippen LogP contribution in [0.4, 0.5) is 17.5 Å². The second kappa shape index (κ2) is 8.00. The zero-order chi connectivity index (χ0) is 20.3. The third-order valence-electron chi connectivity index (χ3n) is 5.04. The Hall–Kier alpha value is -3.65. The highest BCUT2D eigenvalue weighted by molar-refractivity contribution is 5.90. The molecule has 1 N–H and O–H groups in total. The predicted molar refractivity (Wildman–Crippen MR) is 116 cm³/mol. The van der Waals surface area contributed by atoms with Gasteiger partial charge in [-0.1, -0.05) is 24.3 Å². The average molecular weight is 402 g/mol. The Kier molecular flexibility index (Phi) is 4.90. The lowest BCUT2D eigenvalue weighted by molar-refractivity contribution is 0.122. The van der Waals surface area contributed by atoms with E-state index < -0.39 is 0 Å². The minimum Gasteiger partial charge on any atom is -0.497 e. The normalized spacial score (nSPS) is 14.1. The number of anilines is 3. The number of rotatable bonds is 5. The zero-order valence-corrected chi connectivity index (χ0v) is 16.7. The van der Waals surface area contributed by atoms with Crippen molar-refractivity contribution in [1.82, 2.24) is 19.7 Å². The first kappa shape index (κ1) is 18.4. The van der Waals surface area contributed by atoms with Crippen LogP contribution < -0.4 is 15.0 Å². The molecule has 0 aliphatic carbocycles. The van der Waals surface area contributed by atoms with Crippen LogP contribution in [-0.2, 0) is 4.74 Å². The molecule has 1 fully saturated rings. The number of hydrogen-bond acceptors (Lipinski definition) is 7. The van der Waals surface area contributed by atoms with Gasteiger partial charge in [-0.25, -0.2) is 4.68 Å². The second-order valence-corrected chi connectivity index (χ2v) is 6.96. The first-order valence-electron chi connectivity index (χ1n) is 9.87. The third kappa shape index (κ3) is 3.53. The van der Waals surface area contributed by atoms with Gasteiger partial charge in [-0.3, -0.25) is 0 Å². The van der Waals surface area contributed by atoms with Crippen LogP contribution in [0.15, 0.2) is 60.8 Å². The van der Waals surface area contributed by atoms with Gasteiger partial charge in [0.15, 0.2) is 5.65 Å². The Morgan fingerprint density at radius 1 is 1.00 bits per heavy atom. The number of para-hydroxylation sites is 1. The average Bonchev–Trinajstić information content (AvgIpc) is 3.25. The maximum Gasteiger partial charge on any atom is 0.229 e. The topological polar surface area (TPSA) is 77.3 Å². The summed E-state index contributed by atoms with van der Waals surface area (Å²) in [5.74, 6) is 2.14. The van der Waals surface area contributed by atoms with E-state index in [-0.39, 0.29) is 0 Å². The number of ether oxygens (including phenoxy) is 2. The van der Waals surface area contributed by atoms with E-state index in [2.05, 4.69) is 15.3 Å². The SMILES string of the molecule is COc1cccc(Nc2nc(N3CCOCC3)nc3c2cnn3-c2ccccc2)c1. The summed E-state index contributed by atoms with van der Waals surface area (Å²) in [6.45, 7) is 2.84. The van der Waals surface area contributed by atoms with Gasteiger partial charge in [-0.2, -0.15) is 15.1 Å². The molecule has 1 aliphatic rings. The molecule has 152 valence electrons. The van der Waals surface area contributed by atoms with Gasteiger partial charge in [-0.05, 0) is 24.3 Å². The minimum absolute atomic E-state index is 0.661. The summed E-state index contributed by atoms with van der Waals surface area (Å²) in [4.78, 5) is 11.8. The monoisotopic (exact) mass is 402 g/mol. The fourth-order valence-corrected chi connectivity index (χ4v) is 3.49. The highest BCUT2D eigenvalue weighted by atomic mass is 16.5. The standard InChI is InChI=1S/C22H22N6O2/c1-29-18-9-5-6-16(14-18)24-20-19-15-23-28(17-7-3-2-4-8-17)21(19)26-22(25-20)27-10-12-30-13-11-27/h2-9,14-15H,10-13H2,1H3,(H,24,25,26). The number of fused-ring (bicyclic) bond motifs is 1. The molecule has 8 heteroatoms. The summed E-state index contributed by atoms with van der Waals surface area (Å²) < 4.78 is 12.7. The Balaban J connectivity index is 1.63. The fourth-order valence-electron chi connectivity index (χ4n) is 3.49. The number of aromatic nitrogens is 4. The Labute approximate surface area is 174 Å². The first-order chi connectivity index (χ1) is 14.8. The van der Waals surface area contributed by atoms with Crippen LogP contribution in [-0.4, -0.2) is 53.2 Å². The van der Waals surface area contributed by atoms with Gasteiger partial charge in [0.1, 0.15) is 11.6 Å². The summed E-state index contributed by atoms with van der Waals surface area (Å²) >= 11 is 0. The Bertz CT molecular complexity index is 1150. The number of benzene rings is 2. The van der Waals surface area contributed by atoms with Crippen molar-refractivity contribution in [2.24, 2.45) is 0 Å². The number of morpholine rings is 1. The molecule has 0 atom stereocenters. The molecule has 0 saturated carbocycles. The molecule has 2 aromatic carbocycles. The first-order valence-corrected chi connectivity index (χ1v) is 9.87. The van der Waals surface area contributed by atoms with E-state index in [1.54, 1.807) is 13.3 Å². The lowest BCUT2D eigenvalue weighted by atomic mass is 10.3. The van der Waals surface area contributed by atoms with Crippen molar-refractivity contribution in [3.05, 3.63) is 60.8 Å². The van der Waals surface area contributed by atoms with Crippen molar-refractivity contribution in [1.29, 1.82) is 0 Å². The predicted octanol–water partition coefficient (Wildman–Crippen LogP) is 3.40. The maximum absolute atomic E-state index is 5.49. The lowest BCUT2D eigenvalue weighted by Crippen LogP contribution is -2.37. The molecule has 2 aromatic heterocycles. The summed E-state index contributed by atoms with van der Waals surface area (Å²) in [6, 6.07) is 17.7. The molecular formula is C22H22N6O2. The summed E-state index contributed by atoms with van der Waals surface area (Å²) in [6.07, 6.45) is 1.80. The summed E-state index contributed by atoms with van der Waals surface area (Å²) in [5, 5.41) is 8.86. The molecule has 1 aliphatic heterocycles. The molecule has 1 saturated heterocycles. The quantitative estimate of drug-likeness (QED) is 0.548. The summed E-state index contributed by atoms with van der Waals surface area (Å²) in [5.41, 5.74) is 2.59. The van der Waals surface area contributed by atoms with Crippen molar-refractivity contribution in [2.75, 3.05) is 43.6 Å². The molecule has 0 radical (unpaired) electrons. The van der Waals surface area contributed by atoms with E-state index in [0.717, 1.165) is 41.2 Å². The fraction of sp³-hybridized carbons (Fsp3) is 0.227. The molecule has 5 rings (SSSR count). The van der Waals surface area contributed by atoms with E-state index in [0.29, 0.717) is 25.0 Å². The number of nitrogens with one attached hydrogen (secondary N) is 1. The zero-order valence-electron chi connectivity index (χ0n) is 16.7. The van der Waals surface area contributed by atoms with Crippen LogP contribution in [0.3, 0.4) is 0 Å². The van der Waals surface area contributed by atoms with E-state index >= 15 is 0 Å². The molecule has 0 unspecified atom stereocenters. The van der Waals surface area contributed by atoms with Crippen LogP contribution in [0.2, 0.25) is 0 Å². The van der Waals surface area contributed by atoms with Gasteiger partial charge in [0.2, 0.25) is 5.95 Å². The van der Waals surface area contributed by atoms with Crippen LogP contribution in [0.5, 0.6) is 5.75 Å². The van der Waals surface area contributed by atoms with Crippen molar-refractivity contribution < 1.29 is 9.47 Å². The molecule has 8 nitrogen and oxygen atoms in total. The molecule has 3 heterocycles. The van der Waals surface area contributed by atoms with E-state index in [9.17, 15) is 0 Å². The maximum atomic E-state index is 5.49. The van der Waals surface area contributed by atoms with Crippen molar-refractivity contribution in [2.45, 2.75) is 0 Å². The van der Waals surface area contributed by atoms with E-state index in [1.165, 1.54) is 0 Å². The highest BCUT2D eigenvalue weighted by Crippen LogP contribution is 2.29. The van der Waals surface area contributed by atoms with Crippen molar-refractivity contribution in [3.8, 4) is 11.4 Å². The van der Waals surface area contributed by atoms with Gasteiger partial charge in [0, 0.05) is 24.8 Å². The van der Waals surface area contributed by atoms with Crippen LogP contribution in [0.1, 0.15) is 0 Å². The smallest absolute Gasteiger partial charge is 0.229 e. The summed E-state index contributed by atoms with van der Waals surface area (Å²) in [7, 11) is 1.66. The minimum atomic E-state index is 0.661. The largest absolute Gasteiger partial charge is 0.497 e. The van der Waals surface area contributed by atoms with Crippen molar-refractivity contribution >= 4 is 28.5 Å². The molecule has 0 amide bonds. The van der Waals surface area contributed by atoms with Crippen LogP contribution >= 0.6 is 0 Å². The van der Waals surface area contributed by atoms with E-state index in [1.807, 2.05) is 59.3 Å². The van der Waals surface area contributed by atoms with Gasteiger partial charge < -0.3 is 19.7 Å². The molecule has 4 aromatic rings. The van der Waals surface area contributed by atoms with Gasteiger partial charge in [0.25, 0.3) is 0 Å². The van der Waals surface area contributed by atoms with Crippen molar-refractivity contribution in [3.63, 3.8) is 0 Å². The highest BCUT2D eigenvalue weighted by Gasteiger charge is 2.19. The van der Waals surface area contributed by atoms with Gasteiger partial charge >= 0.3 is 0 Å². The van der Waals surface area contributed by atoms with Gasteiger partial charge in [0.05, 0.1) is 37.6 Å². The molecule has 0 spiro atoms. The molecule has 0 bridgehead atoms.